The highest BCUT2D eigenvalue weighted by atomic mass is 16.5. The fourth-order valence-electron chi connectivity index (χ4n) is 4.38. The highest BCUT2D eigenvalue weighted by Crippen LogP contribution is 2.41. The Morgan fingerprint density at radius 1 is 1.06 bits per heavy atom. The molecule has 1 N–H and O–H groups in total. The summed E-state index contributed by atoms with van der Waals surface area (Å²) in [4.78, 5) is 27.5. The number of nitrogens with zero attached hydrogens (tertiary/aromatic N) is 1. The van der Waals surface area contributed by atoms with E-state index in [0.717, 1.165) is 49.8 Å². The Labute approximate surface area is 183 Å². The molecule has 0 saturated heterocycles. The molecule has 2 aromatic rings. The third-order valence-electron chi connectivity index (χ3n) is 6.55. The molecule has 5 nitrogen and oxygen atoms in total. The van der Waals surface area contributed by atoms with Gasteiger partial charge in [0.15, 0.2) is 6.10 Å². The molecule has 2 amide bonds. The lowest BCUT2D eigenvalue weighted by atomic mass is 9.87. The fourth-order valence-corrected chi connectivity index (χ4v) is 4.38. The third-order valence-corrected chi connectivity index (χ3v) is 6.55. The molecule has 2 aliphatic carbocycles. The van der Waals surface area contributed by atoms with E-state index in [-0.39, 0.29) is 23.8 Å². The second-order valence-corrected chi connectivity index (χ2v) is 9.27. The SMILES string of the molecule is Cc1ccc([C@@H]2c3cc(O[C@@H](C)C(=O)NC4CC4)ccc3CCN2C(=O)C2CC2)cc1. The molecule has 5 heteroatoms. The van der Waals surface area contributed by atoms with Gasteiger partial charge >= 0.3 is 0 Å². The molecule has 2 aromatic carbocycles. The maximum Gasteiger partial charge on any atom is 0.260 e. The predicted octanol–water partition coefficient (Wildman–Crippen LogP) is 3.93. The number of hydrogen-bond acceptors (Lipinski definition) is 3. The van der Waals surface area contributed by atoms with Crippen molar-refractivity contribution < 1.29 is 14.3 Å². The Bertz CT molecular complexity index is 992. The van der Waals surface area contributed by atoms with Crippen molar-refractivity contribution in [2.45, 2.75) is 64.1 Å². The van der Waals surface area contributed by atoms with Gasteiger partial charge in [0.05, 0.1) is 6.04 Å². The second kappa shape index (κ2) is 8.03. The van der Waals surface area contributed by atoms with Crippen molar-refractivity contribution >= 4 is 11.8 Å². The first-order valence-electron chi connectivity index (χ1n) is 11.5. The van der Waals surface area contributed by atoms with Gasteiger partial charge in [-0.15, -0.1) is 0 Å². The number of rotatable bonds is 6. The highest BCUT2D eigenvalue weighted by molar-refractivity contribution is 5.82. The molecule has 0 spiro atoms. The average Bonchev–Trinajstić information content (AvgIpc) is 3.67. The van der Waals surface area contributed by atoms with Gasteiger partial charge in [-0.3, -0.25) is 9.59 Å². The van der Waals surface area contributed by atoms with Crippen LogP contribution in [0.5, 0.6) is 5.75 Å². The summed E-state index contributed by atoms with van der Waals surface area (Å²) in [5.41, 5.74) is 4.67. The lowest BCUT2D eigenvalue weighted by Crippen LogP contribution is -2.41. The quantitative estimate of drug-likeness (QED) is 0.773. The van der Waals surface area contributed by atoms with Crippen LogP contribution in [0.15, 0.2) is 42.5 Å². The van der Waals surface area contributed by atoms with Gasteiger partial charge in [-0.25, -0.2) is 0 Å². The average molecular weight is 419 g/mol. The number of nitrogens with one attached hydrogen (secondary N) is 1. The smallest absolute Gasteiger partial charge is 0.260 e. The summed E-state index contributed by atoms with van der Waals surface area (Å²) in [5, 5.41) is 3.00. The number of amides is 2. The van der Waals surface area contributed by atoms with E-state index in [0.29, 0.717) is 11.8 Å². The number of fused-ring (bicyclic) bond motifs is 1. The Morgan fingerprint density at radius 2 is 1.81 bits per heavy atom. The van der Waals surface area contributed by atoms with E-state index in [1.165, 1.54) is 11.1 Å². The lowest BCUT2D eigenvalue weighted by molar-refractivity contribution is -0.134. The van der Waals surface area contributed by atoms with Crippen molar-refractivity contribution in [1.82, 2.24) is 10.2 Å². The molecule has 0 radical (unpaired) electrons. The van der Waals surface area contributed by atoms with Crippen LogP contribution in [0, 0.1) is 12.8 Å². The number of aryl methyl sites for hydroxylation is 1. The maximum absolute atomic E-state index is 13.1. The van der Waals surface area contributed by atoms with E-state index in [4.69, 9.17) is 4.74 Å². The van der Waals surface area contributed by atoms with E-state index in [1.807, 2.05) is 12.1 Å². The van der Waals surface area contributed by atoms with Gasteiger partial charge in [0, 0.05) is 18.5 Å². The Morgan fingerprint density at radius 3 is 2.48 bits per heavy atom. The molecule has 0 aromatic heterocycles. The standard InChI is InChI=1S/C26H30N2O3/c1-16-3-5-19(6-4-16)24-23-15-22(31-17(2)25(29)27-21-10-11-21)12-9-18(23)13-14-28(24)26(30)20-7-8-20/h3-6,9,12,15,17,20-21,24H,7-8,10-11,13-14H2,1-2H3,(H,27,29)/t17-,24+/m0/s1. The molecule has 2 fully saturated rings. The van der Waals surface area contributed by atoms with Gasteiger partial charge in [0.25, 0.3) is 5.91 Å². The van der Waals surface area contributed by atoms with Crippen LogP contribution in [-0.4, -0.2) is 35.4 Å². The summed E-state index contributed by atoms with van der Waals surface area (Å²) in [7, 11) is 0. The van der Waals surface area contributed by atoms with Crippen LogP contribution in [0.1, 0.15) is 60.9 Å². The third kappa shape index (κ3) is 4.32. The molecule has 2 saturated carbocycles. The van der Waals surface area contributed by atoms with Crippen molar-refractivity contribution in [2.24, 2.45) is 5.92 Å². The van der Waals surface area contributed by atoms with Gasteiger partial charge in [0.2, 0.25) is 5.91 Å². The molecule has 0 bridgehead atoms. The monoisotopic (exact) mass is 418 g/mol. The minimum Gasteiger partial charge on any atom is -0.481 e. The molecule has 31 heavy (non-hydrogen) atoms. The second-order valence-electron chi connectivity index (χ2n) is 9.27. The highest BCUT2D eigenvalue weighted by Gasteiger charge is 2.39. The van der Waals surface area contributed by atoms with Crippen LogP contribution in [0.3, 0.4) is 0 Å². The molecule has 1 heterocycles. The summed E-state index contributed by atoms with van der Waals surface area (Å²) >= 11 is 0. The summed E-state index contributed by atoms with van der Waals surface area (Å²) in [6.45, 7) is 4.60. The summed E-state index contributed by atoms with van der Waals surface area (Å²) in [6, 6.07) is 14.7. The van der Waals surface area contributed by atoms with E-state index in [2.05, 4.69) is 47.5 Å². The van der Waals surface area contributed by atoms with E-state index < -0.39 is 6.10 Å². The van der Waals surface area contributed by atoms with E-state index in [1.54, 1.807) is 6.92 Å². The van der Waals surface area contributed by atoms with Gasteiger partial charge in [-0.1, -0.05) is 35.9 Å². The Hall–Kier alpha value is -2.82. The minimum atomic E-state index is -0.552. The van der Waals surface area contributed by atoms with Crippen molar-refractivity contribution in [2.75, 3.05) is 6.54 Å². The number of benzene rings is 2. The summed E-state index contributed by atoms with van der Waals surface area (Å²) in [5.74, 6) is 1.05. The van der Waals surface area contributed by atoms with Crippen LogP contribution in [-0.2, 0) is 16.0 Å². The van der Waals surface area contributed by atoms with Crippen LogP contribution >= 0.6 is 0 Å². The zero-order chi connectivity index (χ0) is 21.5. The summed E-state index contributed by atoms with van der Waals surface area (Å²) in [6.07, 6.45) is 4.40. The van der Waals surface area contributed by atoms with E-state index >= 15 is 0 Å². The molecular weight excluding hydrogens is 388 g/mol. The van der Waals surface area contributed by atoms with Crippen molar-refractivity contribution in [3.8, 4) is 5.75 Å². The largest absolute Gasteiger partial charge is 0.481 e. The minimum absolute atomic E-state index is 0.0687. The van der Waals surface area contributed by atoms with Gasteiger partial charge < -0.3 is 15.0 Å². The van der Waals surface area contributed by atoms with Crippen molar-refractivity contribution in [1.29, 1.82) is 0 Å². The molecule has 1 aliphatic heterocycles. The summed E-state index contributed by atoms with van der Waals surface area (Å²) < 4.78 is 6.01. The molecule has 162 valence electrons. The molecular formula is C26H30N2O3. The van der Waals surface area contributed by atoms with Crippen LogP contribution in [0.4, 0.5) is 0 Å². The van der Waals surface area contributed by atoms with Crippen LogP contribution in [0.25, 0.3) is 0 Å². The zero-order valence-corrected chi connectivity index (χ0v) is 18.3. The normalized spacial score (nSPS) is 21.2. The first kappa shape index (κ1) is 20.1. The molecule has 0 unspecified atom stereocenters. The molecule has 3 aliphatic rings. The predicted molar refractivity (Wildman–Crippen MR) is 119 cm³/mol. The van der Waals surface area contributed by atoms with Gasteiger partial charge in [-0.05, 0) is 74.8 Å². The van der Waals surface area contributed by atoms with Crippen LogP contribution in [0.2, 0.25) is 0 Å². The van der Waals surface area contributed by atoms with E-state index in [9.17, 15) is 9.59 Å². The number of carbonyl (C=O) groups is 2. The maximum atomic E-state index is 13.1. The first-order chi connectivity index (χ1) is 15.0. The lowest BCUT2D eigenvalue weighted by Gasteiger charge is -2.38. The first-order valence-corrected chi connectivity index (χ1v) is 11.5. The number of ether oxygens (including phenoxy) is 1. The van der Waals surface area contributed by atoms with Gasteiger partial charge in [0.1, 0.15) is 5.75 Å². The molecule has 2 atom stereocenters. The molecule has 5 rings (SSSR count). The topological polar surface area (TPSA) is 58.6 Å². The van der Waals surface area contributed by atoms with Crippen LogP contribution < -0.4 is 10.1 Å². The Balaban J connectivity index is 1.45. The van der Waals surface area contributed by atoms with Crippen molar-refractivity contribution in [3.63, 3.8) is 0 Å². The van der Waals surface area contributed by atoms with Crippen molar-refractivity contribution in [3.05, 3.63) is 64.7 Å². The Kier molecular flexibility index (Phi) is 5.20. The zero-order valence-electron chi connectivity index (χ0n) is 18.3. The fraction of sp³-hybridized carbons (Fsp3) is 0.462. The number of carbonyl (C=O) groups excluding carboxylic acids is 2. The van der Waals surface area contributed by atoms with Gasteiger partial charge in [-0.2, -0.15) is 0 Å². The number of hydrogen-bond donors (Lipinski definition) is 1.